The summed E-state index contributed by atoms with van der Waals surface area (Å²) in [7, 11) is 0. The van der Waals surface area contributed by atoms with Gasteiger partial charge in [0.2, 0.25) is 0 Å². The fourth-order valence-electron chi connectivity index (χ4n) is 2.41. The van der Waals surface area contributed by atoms with Crippen molar-refractivity contribution in [1.29, 1.82) is 0 Å². The summed E-state index contributed by atoms with van der Waals surface area (Å²) in [4.78, 5) is 14.8. The van der Waals surface area contributed by atoms with Gasteiger partial charge in [-0.3, -0.25) is 0 Å². The quantitative estimate of drug-likeness (QED) is 0.712. The fourth-order valence-corrected chi connectivity index (χ4v) is 2.41. The standard InChI is InChI=1S/C16H20N2O/c1-14-17-10-12-18(14)11-9-16(8-5-13-19)15-6-3-2-4-7-15/h2-4,6-7,10,12-13,16H,5,8-9,11H2,1H3. The van der Waals surface area contributed by atoms with Crippen LogP contribution in [0.4, 0.5) is 0 Å². The van der Waals surface area contributed by atoms with E-state index in [0.717, 1.165) is 31.5 Å². The van der Waals surface area contributed by atoms with Crippen LogP contribution in [0.1, 0.15) is 36.6 Å². The Balaban J connectivity index is 2.02. The number of benzene rings is 1. The highest BCUT2D eigenvalue weighted by atomic mass is 16.1. The minimum Gasteiger partial charge on any atom is -0.335 e. The van der Waals surface area contributed by atoms with Crippen LogP contribution in [-0.4, -0.2) is 15.8 Å². The van der Waals surface area contributed by atoms with Crippen molar-refractivity contribution >= 4 is 6.29 Å². The molecule has 3 nitrogen and oxygen atoms in total. The Morgan fingerprint density at radius 3 is 2.68 bits per heavy atom. The van der Waals surface area contributed by atoms with Gasteiger partial charge in [-0.1, -0.05) is 30.3 Å². The van der Waals surface area contributed by atoms with Crippen LogP contribution in [0.5, 0.6) is 0 Å². The number of imidazole rings is 1. The highest BCUT2D eigenvalue weighted by Gasteiger charge is 2.11. The first-order valence-electron chi connectivity index (χ1n) is 6.77. The molecule has 1 aromatic heterocycles. The summed E-state index contributed by atoms with van der Waals surface area (Å²) in [6.07, 6.45) is 7.44. The van der Waals surface area contributed by atoms with Gasteiger partial charge >= 0.3 is 0 Å². The fraction of sp³-hybridized carbons (Fsp3) is 0.375. The van der Waals surface area contributed by atoms with Gasteiger partial charge in [0.25, 0.3) is 0 Å². The molecular formula is C16H20N2O. The SMILES string of the molecule is Cc1nccn1CCC(CCC=O)c1ccccc1. The zero-order chi connectivity index (χ0) is 13.5. The van der Waals surface area contributed by atoms with E-state index in [9.17, 15) is 4.79 Å². The van der Waals surface area contributed by atoms with E-state index < -0.39 is 0 Å². The summed E-state index contributed by atoms with van der Waals surface area (Å²) in [5.74, 6) is 1.48. The monoisotopic (exact) mass is 256 g/mol. The van der Waals surface area contributed by atoms with Crippen LogP contribution in [0.3, 0.4) is 0 Å². The molecule has 0 aliphatic rings. The van der Waals surface area contributed by atoms with Crippen LogP contribution in [0.2, 0.25) is 0 Å². The number of rotatable bonds is 7. The van der Waals surface area contributed by atoms with Crippen LogP contribution in [-0.2, 0) is 11.3 Å². The van der Waals surface area contributed by atoms with Crippen molar-refractivity contribution in [3.05, 3.63) is 54.1 Å². The van der Waals surface area contributed by atoms with Gasteiger partial charge in [0.1, 0.15) is 12.1 Å². The molecule has 3 heteroatoms. The Morgan fingerprint density at radius 2 is 2.05 bits per heavy atom. The molecule has 0 saturated heterocycles. The molecule has 0 spiro atoms. The van der Waals surface area contributed by atoms with Gasteiger partial charge in [0, 0.05) is 25.4 Å². The van der Waals surface area contributed by atoms with E-state index in [4.69, 9.17) is 0 Å². The summed E-state index contributed by atoms with van der Waals surface area (Å²) < 4.78 is 2.16. The number of aryl methyl sites for hydroxylation is 2. The lowest BCUT2D eigenvalue weighted by atomic mass is 9.91. The molecule has 0 saturated carbocycles. The first kappa shape index (κ1) is 13.5. The molecule has 100 valence electrons. The summed E-state index contributed by atoms with van der Waals surface area (Å²) in [5, 5.41) is 0. The van der Waals surface area contributed by atoms with Crippen LogP contribution in [0.25, 0.3) is 0 Å². The highest BCUT2D eigenvalue weighted by Crippen LogP contribution is 2.25. The van der Waals surface area contributed by atoms with Crippen LogP contribution in [0, 0.1) is 6.92 Å². The topological polar surface area (TPSA) is 34.9 Å². The number of carbonyl (C=O) groups excluding carboxylic acids is 1. The molecule has 0 amide bonds. The number of carbonyl (C=O) groups is 1. The molecule has 2 aromatic rings. The minimum atomic E-state index is 0.438. The third kappa shape index (κ3) is 3.78. The molecule has 1 aromatic carbocycles. The average molecular weight is 256 g/mol. The maximum atomic E-state index is 10.6. The Morgan fingerprint density at radius 1 is 1.26 bits per heavy atom. The molecule has 1 unspecified atom stereocenters. The largest absolute Gasteiger partial charge is 0.335 e. The Bertz CT molecular complexity index is 504. The van der Waals surface area contributed by atoms with Gasteiger partial charge in [-0.15, -0.1) is 0 Å². The normalized spacial score (nSPS) is 12.3. The van der Waals surface area contributed by atoms with Crippen molar-refractivity contribution < 1.29 is 4.79 Å². The predicted molar refractivity (Wildman–Crippen MR) is 76.1 cm³/mol. The van der Waals surface area contributed by atoms with Crippen molar-refractivity contribution in [2.45, 2.75) is 38.6 Å². The Hall–Kier alpha value is -1.90. The zero-order valence-corrected chi connectivity index (χ0v) is 11.3. The second-order valence-electron chi connectivity index (χ2n) is 4.81. The lowest BCUT2D eigenvalue weighted by molar-refractivity contribution is -0.108. The summed E-state index contributed by atoms with van der Waals surface area (Å²) in [6.45, 7) is 2.97. The Kier molecular flexibility index (Phi) is 4.90. The van der Waals surface area contributed by atoms with Gasteiger partial charge in [0.15, 0.2) is 0 Å². The first-order chi connectivity index (χ1) is 9.31. The third-order valence-corrected chi connectivity index (χ3v) is 3.55. The molecule has 0 radical (unpaired) electrons. The van der Waals surface area contributed by atoms with Crippen molar-refractivity contribution in [2.75, 3.05) is 0 Å². The van der Waals surface area contributed by atoms with Gasteiger partial charge < -0.3 is 9.36 Å². The number of aromatic nitrogens is 2. The molecule has 19 heavy (non-hydrogen) atoms. The van der Waals surface area contributed by atoms with Crippen LogP contribution >= 0.6 is 0 Å². The molecule has 0 bridgehead atoms. The van der Waals surface area contributed by atoms with Gasteiger partial charge in [-0.2, -0.15) is 0 Å². The molecular weight excluding hydrogens is 236 g/mol. The number of aldehydes is 1. The van der Waals surface area contributed by atoms with Crippen molar-refractivity contribution in [3.63, 3.8) is 0 Å². The van der Waals surface area contributed by atoms with Gasteiger partial charge in [-0.25, -0.2) is 4.98 Å². The molecule has 0 fully saturated rings. The summed E-state index contributed by atoms with van der Waals surface area (Å²) in [5.41, 5.74) is 1.32. The van der Waals surface area contributed by atoms with Crippen LogP contribution in [0.15, 0.2) is 42.7 Å². The van der Waals surface area contributed by atoms with Crippen molar-refractivity contribution in [1.82, 2.24) is 9.55 Å². The first-order valence-corrected chi connectivity index (χ1v) is 6.77. The number of nitrogens with zero attached hydrogens (tertiary/aromatic N) is 2. The molecule has 0 N–H and O–H groups in total. The summed E-state index contributed by atoms with van der Waals surface area (Å²) in [6, 6.07) is 10.4. The lowest BCUT2D eigenvalue weighted by Gasteiger charge is -2.17. The molecule has 0 aliphatic carbocycles. The second kappa shape index (κ2) is 6.88. The molecule has 1 atom stereocenters. The lowest BCUT2D eigenvalue weighted by Crippen LogP contribution is -2.06. The Labute approximate surface area is 114 Å². The summed E-state index contributed by atoms with van der Waals surface area (Å²) >= 11 is 0. The minimum absolute atomic E-state index is 0.438. The van der Waals surface area contributed by atoms with Crippen molar-refractivity contribution in [3.8, 4) is 0 Å². The van der Waals surface area contributed by atoms with E-state index in [2.05, 4.69) is 33.8 Å². The smallest absolute Gasteiger partial charge is 0.120 e. The molecule has 0 aliphatic heterocycles. The highest BCUT2D eigenvalue weighted by molar-refractivity contribution is 5.49. The zero-order valence-electron chi connectivity index (χ0n) is 11.3. The number of hydrogen-bond acceptors (Lipinski definition) is 2. The van der Waals surface area contributed by atoms with Gasteiger partial charge in [-0.05, 0) is 31.2 Å². The average Bonchev–Trinajstić information content (AvgIpc) is 2.85. The predicted octanol–water partition coefficient (Wildman–Crippen LogP) is 3.34. The van der Waals surface area contributed by atoms with E-state index in [1.54, 1.807) is 0 Å². The maximum Gasteiger partial charge on any atom is 0.120 e. The van der Waals surface area contributed by atoms with E-state index in [1.165, 1.54) is 5.56 Å². The molecule has 2 rings (SSSR count). The number of hydrogen-bond donors (Lipinski definition) is 0. The van der Waals surface area contributed by atoms with E-state index in [-0.39, 0.29) is 0 Å². The maximum absolute atomic E-state index is 10.6. The van der Waals surface area contributed by atoms with Gasteiger partial charge in [0.05, 0.1) is 0 Å². The van der Waals surface area contributed by atoms with E-state index in [0.29, 0.717) is 12.3 Å². The van der Waals surface area contributed by atoms with E-state index in [1.807, 2.05) is 25.4 Å². The van der Waals surface area contributed by atoms with Crippen molar-refractivity contribution in [2.24, 2.45) is 0 Å². The van der Waals surface area contributed by atoms with E-state index >= 15 is 0 Å². The second-order valence-corrected chi connectivity index (χ2v) is 4.81. The third-order valence-electron chi connectivity index (χ3n) is 3.55. The van der Waals surface area contributed by atoms with Crippen LogP contribution < -0.4 is 0 Å². The molecule has 1 heterocycles.